The number of rotatable bonds is 7. The van der Waals surface area contributed by atoms with Crippen LogP contribution in [-0.2, 0) is 14.3 Å². The molecule has 3 atom stereocenters. The fraction of sp³-hybridized carbons (Fsp3) is 0.483. The van der Waals surface area contributed by atoms with Crippen molar-refractivity contribution in [2.75, 3.05) is 13.7 Å². The Morgan fingerprint density at radius 2 is 1.85 bits per heavy atom. The van der Waals surface area contributed by atoms with Crippen molar-refractivity contribution >= 4 is 28.8 Å². The first-order valence-corrected chi connectivity index (χ1v) is 13.4. The lowest BCUT2D eigenvalue weighted by molar-refractivity contribution is -0.141. The quantitative estimate of drug-likeness (QED) is 0.443. The number of nitrogens with zero attached hydrogens (tertiary/aromatic N) is 4. The molecule has 41 heavy (non-hydrogen) atoms. The van der Waals surface area contributed by atoms with Gasteiger partial charge >= 0.3 is 6.09 Å². The highest BCUT2D eigenvalue weighted by Crippen LogP contribution is 2.33. The Labute approximate surface area is 239 Å². The monoisotopic (exact) mass is 566 g/mol. The van der Waals surface area contributed by atoms with Gasteiger partial charge in [-0.25, -0.2) is 14.5 Å². The summed E-state index contributed by atoms with van der Waals surface area (Å²) in [7, 11) is 1.58. The Bertz CT molecular complexity index is 1430. The van der Waals surface area contributed by atoms with Gasteiger partial charge < -0.3 is 30.2 Å². The number of alkyl carbamates (subject to hydrolysis) is 1. The van der Waals surface area contributed by atoms with Crippen LogP contribution in [-0.4, -0.2) is 75.0 Å². The van der Waals surface area contributed by atoms with Crippen LogP contribution >= 0.6 is 0 Å². The van der Waals surface area contributed by atoms with Crippen molar-refractivity contribution in [2.45, 2.75) is 71.8 Å². The number of aromatic nitrogens is 3. The van der Waals surface area contributed by atoms with E-state index in [0.717, 1.165) is 5.39 Å². The number of nitrogens with one attached hydrogen (secondary N) is 1. The molecule has 0 aliphatic carbocycles. The lowest BCUT2D eigenvalue weighted by Gasteiger charge is -2.35. The minimum Gasteiger partial charge on any atom is -0.497 e. The number of amides is 3. The van der Waals surface area contributed by atoms with E-state index in [1.165, 1.54) is 4.90 Å². The molecule has 0 bridgehead atoms. The smallest absolute Gasteiger partial charge is 0.408 e. The largest absolute Gasteiger partial charge is 0.497 e. The van der Waals surface area contributed by atoms with Gasteiger partial charge in [0.1, 0.15) is 35.3 Å². The number of nitrogens with two attached hydrogens (primary N) is 1. The topological polar surface area (TPSA) is 151 Å². The summed E-state index contributed by atoms with van der Waals surface area (Å²) >= 11 is 0. The SMILES string of the molecule is COc1ccc2c(OC3C[C@@H](C(N)=O)N(C(=O)[C@@H](NC(=O)OC(C)(C)C)C(C)(C)C)C3)cc(-n3cccn3)nc2c1. The van der Waals surface area contributed by atoms with Crippen molar-refractivity contribution in [1.82, 2.24) is 25.0 Å². The molecule has 2 aromatic heterocycles. The summed E-state index contributed by atoms with van der Waals surface area (Å²) in [5.74, 6) is 0.559. The van der Waals surface area contributed by atoms with E-state index in [2.05, 4.69) is 10.4 Å². The summed E-state index contributed by atoms with van der Waals surface area (Å²) in [5, 5.41) is 7.70. The summed E-state index contributed by atoms with van der Waals surface area (Å²) in [5.41, 5.74) is 4.94. The maximum absolute atomic E-state index is 13.9. The van der Waals surface area contributed by atoms with Crippen LogP contribution in [0.4, 0.5) is 4.79 Å². The number of ether oxygens (including phenoxy) is 3. The van der Waals surface area contributed by atoms with Gasteiger partial charge in [0.25, 0.3) is 0 Å². The van der Waals surface area contributed by atoms with Crippen LogP contribution in [0.1, 0.15) is 48.0 Å². The molecule has 0 spiro atoms. The molecule has 3 heterocycles. The van der Waals surface area contributed by atoms with Crippen molar-refractivity contribution in [2.24, 2.45) is 11.1 Å². The zero-order valence-electron chi connectivity index (χ0n) is 24.5. The highest BCUT2D eigenvalue weighted by atomic mass is 16.6. The average Bonchev–Trinajstić information content (AvgIpc) is 3.55. The predicted molar refractivity (Wildman–Crippen MR) is 152 cm³/mol. The van der Waals surface area contributed by atoms with Gasteiger partial charge in [0.05, 0.1) is 19.2 Å². The molecule has 4 rings (SSSR count). The predicted octanol–water partition coefficient (Wildman–Crippen LogP) is 3.20. The van der Waals surface area contributed by atoms with Gasteiger partial charge in [-0.3, -0.25) is 9.59 Å². The number of methoxy groups -OCH3 is 1. The van der Waals surface area contributed by atoms with Crippen LogP contribution in [0.2, 0.25) is 0 Å². The van der Waals surface area contributed by atoms with Gasteiger partial charge in [0, 0.05) is 36.3 Å². The minimum atomic E-state index is -0.974. The molecule has 1 fully saturated rings. The van der Waals surface area contributed by atoms with Crippen molar-refractivity contribution in [3.8, 4) is 17.3 Å². The number of hydrogen-bond acceptors (Lipinski definition) is 8. The van der Waals surface area contributed by atoms with Gasteiger partial charge in [0.15, 0.2) is 5.82 Å². The van der Waals surface area contributed by atoms with E-state index >= 15 is 0 Å². The number of carbonyl (C=O) groups excluding carboxylic acids is 3. The number of carbonyl (C=O) groups is 3. The third kappa shape index (κ3) is 6.87. The second-order valence-electron chi connectivity index (χ2n) is 12.1. The number of benzene rings is 1. The molecule has 1 unspecified atom stereocenters. The Kier molecular flexibility index (Phi) is 8.14. The molecule has 1 aliphatic rings. The summed E-state index contributed by atoms with van der Waals surface area (Å²) in [6, 6.07) is 7.09. The van der Waals surface area contributed by atoms with E-state index in [4.69, 9.17) is 24.9 Å². The average molecular weight is 567 g/mol. The number of pyridine rings is 1. The van der Waals surface area contributed by atoms with Crippen LogP contribution in [0, 0.1) is 5.41 Å². The summed E-state index contributed by atoms with van der Waals surface area (Å²) in [6.45, 7) is 10.8. The van der Waals surface area contributed by atoms with Gasteiger partial charge in [-0.2, -0.15) is 5.10 Å². The Morgan fingerprint density at radius 1 is 1.12 bits per heavy atom. The first-order valence-electron chi connectivity index (χ1n) is 13.4. The molecule has 12 nitrogen and oxygen atoms in total. The van der Waals surface area contributed by atoms with Crippen molar-refractivity contribution < 1.29 is 28.6 Å². The maximum atomic E-state index is 13.9. The molecule has 3 amide bonds. The van der Waals surface area contributed by atoms with Crippen LogP contribution in [0.3, 0.4) is 0 Å². The van der Waals surface area contributed by atoms with E-state index < -0.39 is 47.1 Å². The fourth-order valence-corrected chi connectivity index (χ4v) is 4.72. The zero-order chi connectivity index (χ0) is 30.1. The van der Waals surface area contributed by atoms with E-state index in [1.54, 1.807) is 69.2 Å². The Balaban J connectivity index is 1.63. The first kappa shape index (κ1) is 29.6. The van der Waals surface area contributed by atoms with Gasteiger partial charge in [-0.15, -0.1) is 0 Å². The van der Waals surface area contributed by atoms with Gasteiger partial charge in [-0.1, -0.05) is 20.8 Å². The van der Waals surface area contributed by atoms with Crippen molar-refractivity contribution in [3.63, 3.8) is 0 Å². The van der Waals surface area contributed by atoms with Crippen molar-refractivity contribution in [1.29, 1.82) is 0 Å². The molecule has 3 aromatic rings. The fourth-order valence-electron chi connectivity index (χ4n) is 4.72. The molecular formula is C29H38N6O6. The van der Waals surface area contributed by atoms with E-state index in [0.29, 0.717) is 22.8 Å². The third-order valence-corrected chi connectivity index (χ3v) is 6.65. The summed E-state index contributed by atoms with van der Waals surface area (Å²) < 4.78 is 18.8. The Hall–Kier alpha value is -4.35. The molecule has 3 N–H and O–H groups in total. The maximum Gasteiger partial charge on any atom is 0.408 e. The van der Waals surface area contributed by atoms with Gasteiger partial charge in [0.2, 0.25) is 11.8 Å². The minimum absolute atomic E-state index is 0.0894. The molecule has 220 valence electrons. The molecule has 1 saturated heterocycles. The lowest BCUT2D eigenvalue weighted by atomic mass is 9.85. The zero-order valence-corrected chi connectivity index (χ0v) is 24.5. The number of likely N-dealkylation sites (tertiary alicyclic amines) is 1. The number of hydrogen-bond donors (Lipinski definition) is 2. The van der Waals surface area contributed by atoms with Gasteiger partial charge in [-0.05, 0) is 44.4 Å². The number of fused-ring (bicyclic) bond motifs is 1. The third-order valence-electron chi connectivity index (χ3n) is 6.65. The number of primary amides is 1. The standard InChI is InChI=1S/C29H38N6O6/c1-28(2,3)24(33-27(38)41-29(4,5)6)26(37)34-16-18(14-21(34)25(30)36)40-22-15-23(35-12-8-11-31-35)32-20-13-17(39-7)9-10-19(20)22/h8-13,15,18,21,24H,14,16H2,1-7H3,(H2,30,36)(H,33,38)/t18?,21-,24+/m0/s1. The summed E-state index contributed by atoms with van der Waals surface area (Å²) in [6.07, 6.45) is 2.31. The summed E-state index contributed by atoms with van der Waals surface area (Å²) in [4.78, 5) is 45.1. The lowest BCUT2D eigenvalue weighted by Crippen LogP contribution is -2.58. The van der Waals surface area contributed by atoms with E-state index in [-0.39, 0.29) is 13.0 Å². The Morgan fingerprint density at radius 3 is 2.44 bits per heavy atom. The second-order valence-corrected chi connectivity index (χ2v) is 12.1. The molecule has 1 aliphatic heterocycles. The van der Waals surface area contributed by atoms with Crippen LogP contribution in [0.5, 0.6) is 11.5 Å². The normalized spacial score (nSPS) is 18.2. The molecule has 12 heteroatoms. The molecule has 0 saturated carbocycles. The van der Waals surface area contributed by atoms with Crippen LogP contribution in [0.15, 0.2) is 42.7 Å². The van der Waals surface area contributed by atoms with E-state index in [9.17, 15) is 14.4 Å². The molecule has 0 radical (unpaired) electrons. The first-order chi connectivity index (χ1) is 19.2. The second kappa shape index (κ2) is 11.3. The van der Waals surface area contributed by atoms with Crippen LogP contribution < -0.4 is 20.5 Å². The van der Waals surface area contributed by atoms with E-state index in [1.807, 2.05) is 26.8 Å². The van der Waals surface area contributed by atoms with Crippen LogP contribution in [0.25, 0.3) is 16.7 Å². The van der Waals surface area contributed by atoms with Crippen molar-refractivity contribution in [3.05, 3.63) is 42.7 Å². The highest BCUT2D eigenvalue weighted by Gasteiger charge is 2.45. The molecular weight excluding hydrogens is 528 g/mol. The molecule has 1 aromatic carbocycles. The highest BCUT2D eigenvalue weighted by molar-refractivity contribution is 5.92.